The number of rotatable bonds is 5. The maximum Gasteiger partial charge on any atom is 0.261 e. The van der Waals surface area contributed by atoms with Crippen LogP contribution in [0.2, 0.25) is 0 Å². The summed E-state index contributed by atoms with van der Waals surface area (Å²) in [5.74, 6) is 0.220. The summed E-state index contributed by atoms with van der Waals surface area (Å²) in [5, 5.41) is 1.04. The van der Waals surface area contributed by atoms with Crippen LogP contribution in [0.25, 0.3) is 10.9 Å². The Labute approximate surface area is 179 Å². The van der Waals surface area contributed by atoms with Gasteiger partial charge in [0.15, 0.2) is 6.29 Å². The summed E-state index contributed by atoms with van der Waals surface area (Å²) in [5.41, 5.74) is 2.93. The van der Waals surface area contributed by atoms with Crippen LogP contribution in [0.4, 0.5) is 0 Å². The Kier molecular flexibility index (Phi) is 5.13. The van der Waals surface area contributed by atoms with Crippen molar-refractivity contribution in [2.24, 2.45) is 0 Å². The molecule has 2 aliphatic heterocycles. The zero-order valence-corrected chi connectivity index (χ0v) is 17.1. The normalized spacial score (nSPS) is 20.9. The molecule has 0 spiro atoms. The molecular formula is C24H22N2O5. The van der Waals surface area contributed by atoms with Crippen molar-refractivity contribution >= 4 is 22.7 Å². The highest BCUT2D eigenvalue weighted by atomic mass is 16.7. The minimum atomic E-state index is -0.422. The number of fused-ring (bicyclic) bond motifs is 2. The van der Waals surface area contributed by atoms with Gasteiger partial charge in [0.2, 0.25) is 0 Å². The molecule has 1 saturated heterocycles. The van der Waals surface area contributed by atoms with Crippen LogP contribution < -0.4 is 4.74 Å². The fourth-order valence-corrected chi connectivity index (χ4v) is 4.19. The van der Waals surface area contributed by atoms with Crippen LogP contribution >= 0.6 is 0 Å². The Morgan fingerprint density at radius 2 is 1.74 bits per heavy atom. The van der Waals surface area contributed by atoms with Crippen molar-refractivity contribution < 1.29 is 23.8 Å². The first-order valence-corrected chi connectivity index (χ1v) is 10.3. The molecule has 158 valence electrons. The van der Waals surface area contributed by atoms with E-state index in [1.807, 2.05) is 24.3 Å². The van der Waals surface area contributed by atoms with E-state index in [2.05, 4.69) is 4.98 Å². The zero-order chi connectivity index (χ0) is 21.4. The third kappa shape index (κ3) is 3.56. The molecule has 0 atom stereocenters. The van der Waals surface area contributed by atoms with E-state index >= 15 is 0 Å². The molecule has 7 heteroatoms. The predicted octanol–water partition coefficient (Wildman–Crippen LogP) is 3.21. The van der Waals surface area contributed by atoms with E-state index in [0.29, 0.717) is 17.5 Å². The number of aryl methyl sites for hydroxylation is 1. The number of hydrogen-bond acceptors (Lipinski definition) is 6. The van der Waals surface area contributed by atoms with Crippen LogP contribution in [0.5, 0.6) is 5.75 Å². The molecule has 1 aromatic heterocycles. The third-order valence-electron chi connectivity index (χ3n) is 5.83. The van der Waals surface area contributed by atoms with Gasteiger partial charge >= 0.3 is 0 Å². The lowest BCUT2D eigenvalue weighted by atomic mass is 10.0. The number of imide groups is 1. The number of benzene rings is 2. The molecule has 3 aromatic rings. The van der Waals surface area contributed by atoms with Gasteiger partial charge < -0.3 is 14.2 Å². The topological polar surface area (TPSA) is 78.0 Å². The summed E-state index contributed by atoms with van der Waals surface area (Å²) >= 11 is 0. The van der Waals surface area contributed by atoms with Crippen molar-refractivity contribution in [2.75, 3.05) is 20.3 Å². The van der Waals surface area contributed by atoms with Gasteiger partial charge in [0, 0.05) is 18.0 Å². The largest absolute Gasteiger partial charge is 0.497 e. The summed E-state index contributed by atoms with van der Waals surface area (Å²) in [7, 11) is 1.64. The fourth-order valence-electron chi connectivity index (χ4n) is 4.19. The first kappa shape index (κ1) is 19.7. The summed E-state index contributed by atoms with van der Waals surface area (Å²) in [4.78, 5) is 31.0. The standard InChI is InChI=1S/C24H22N2O5/c1-29-17-7-8-21-20(12-17)15(10-11-25-21)6-9-22-30-13-16(14-31-22)26-23(27)18-4-2-3-5-19(18)24(26)28/h2-5,7-8,10-12,16,22H,6,9,13-14H2,1H3. The highest BCUT2D eigenvalue weighted by Crippen LogP contribution is 2.28. The van der Waals surface area contributed by atoms with Crippen LogP contribution in [0.1, 0.15) is 32.7 Å². The molecule has 2 aromatic carbocycles. The van der Waals surface area contributed by atoms with Crippen LogP contribution in [-0.4, -0.2) is 54.4 Å². The van der Waals surface area contributed by atoms with E-state index in [1.54, 1.807) is 37.6 Å². The maximum absolute atomic E-state index is 12.7. The molecule has 1 fully saturated rings. The molecular weight excluding hydrogens is 396 g/mol. The van der Waals surface area contributed by atoms with Gasteiger partial charge in [0.1, 0.15) is 5.75 Å². The molecule has 0 aliphatic carbocycles. The Hall–Kier alpha value is -3.29. The molecule has 0 saturated carbocycles. The number of methoxy groups -OCH3 is 1. The van der Waals surface area contributed by atoms with Crippen molar-refractivity contribution in [3.63, 3.8) is 0 Å². The molecule has 5 rings (SSSR count). The smallest absolute Gasteiger partial charge is 0.261 e. The lowest BCUT2D eigenvalue weighted by Crippen LogP contribution is -2.49. The summed E-state index contributed by atoms with van der Waals surface area (Å²) in [6.45, 7) is 0.530. The van der Waals surface area contributed by atoms with Gasteiger partial charge in [-0.05, 0) is 48.4 Å². The quantitative estimate of drug-likeness (QED) is 0.592. The van der Waals surface area contributed by atoms with Gasteiger partial charge in [-0.1, -0.05) is 12.1 Å². The average Bonchev–Trinajstić information content (AvgIpc) is 3.08. The van der Waals surface area contributed by atoms with Crippen molar-refractivity contribution in [1.29, 1.82) is 0 Å². The molecule has 2 aliphatic rings. The second kappa shape index (κ2) is 8.09. The van der Waals surface area contributed by atoms with E-state index in [1.165, 1.54) is 4.90 Å². The molecule has 2 amide bonds. The van der Waals surface area contributed by atoms with Gasteiger partial charge in [-0.15, -0.1) is 0 Å². The summed E-state index contributed by atoms with van der Waals surface area (Å²) in [6, 6.07) is 14.3. The minimum absolute atomic E-state index is 0.265. The van der Waals surface area contributed by atoms with E-state index in [0.717, 1.165) is 28.6 Å². The molecule has 0 unspecified atom stereocenters. The lowest BCUT2D eigenvalue weighted by molar-refractivity contribution is -0.199. The van der Waals surface area contributed by atoms with Crippen molar-refractivity contribution in [1.82, 2.24) is 9.88 Å². The van der Waals surface area contributed by atoms with Crippen molar-refractivity contribution in [3.8, 4) is 5.75 Å². The Morgan fingerprint density at radius 1 is 1.03 bits per heavy atom. The van der Waals surface area contributed by atoms with E-state index in [-0.39, 0.29) is 31.3 Å². The average molecular weight is 418 g/mol. The fraction of sp³-hybridized carbons (Fsp3) is 0.292. The third-order valence-corrected chi connectivity index (χ3v) is 5.83. The number of carbonyl (C=O) groups is 2. The number of carbonyl (C=O) groups excluding carboxylic acids is 2. The highest BCUT2D eigenvalue weighted by molar-refractivity contribution is 6.21. The second-order valence-electron chi connectivity index (χ2n) is 7.67. The predicted molar refractivity (Wildman–Crippen MR) is 113 cm³/mol. The van der Waals surface area contributed by atoms with E-state index < -0.39 is 6.04 Å². The SMILES string of the molecule is COc1ccc2nccc(CCC3OCC(N4C(=O)c5ccccc5C4=O)CO3)c2c1. The zero-order valence-electron chi connectivity index (χ0n) is 17.1. The van der Waals surface area contributed by atoms with E-state index in [4.69, 9.17) is 14.2 Å². The molecule has 0 N–H and O–H groups in total. The van der Waals surface area contributed by atoms with Crippen LogP contribution in [0, 0.1) is 0 Å². The number of hydrogen-bond donors (Lipinski definition) is 0. The van der Waals surface area contributed by atoms with Gasteiger partial charge in [0.05, 0.1) is 43.0 Å². The van der Waals surface area contributed by atoms with Gasteiger partial charge in [-0.2, -0.15) is 0 Å². The molecule has 3 heterocycles. The highest BCUT2D eigenvalue weighted by Gasteiger charge is 2.41. The van der Waals surface area contributed by atoms with Crippen LogP contribution in [0.3, 0.4) is 0 Å². The Balaban J connectivity index is 1.22. The van der Waals surface area contributed by atoms with Crippen molar-refractivity contribution in [3.05, 3.63) is 71.4 Å². The molecule has 0 bridgehead atoms. The number of pyridine rings is 1. The summed E-state index contributed by atoms with van der Waals surface area (Å²) < 4.78 is 17.1. The molecule has 0 radical (unpaired) electrons. The molecule has 7 nitrogen and oxygen atoms in total. The number of nitrogens with zero attached hydrogens (tertiary/aromatic N) is 2. The Bertz CT molecular complexity index is 1120. The van der Waals surface area contributed by atoms with Crippen molar-refractivity contribution in [2.45, 2.75) is 25.2 Å². The number of ether oxygens (including phenoxy) is 3. The van der Waals surface area contributed by atoms with Gasteiger partial charge in [0.25, 0.3) is 11.8 Å². The van der Waals surface area contributed by atoms with Gasteiger partial charge in [-0.25, -0.2) is 0 Å². The first-order valence-electron chi connectivity index (χ1n) is 10.3. The van der Waals surface area contributed by atoms with Crippen LogP contribution in [0.15, 0.2) is 54.7 Å². The second-order valence-corrected chi connectivity index (χ2v) is 7.67. The van der Waals surface area contributed by atoms with E-state index in [9.17, 15) is 9.59 Å². The molecule has 31 heavy (non-hydrogen) atoms. The van der Waals surface area contributed by atoms with Crippen LogP contribution in [-0.2, 0) is 15.9 Å². The summed E-state index contributed by atoms with van der Waals surface area (Å²) in [6.07, 6.45) is 2.81. The minimum Gasteiger partial charge on any atom is -0.497 e. The number of amides is 2. The maximum atomic E-state index is 12.7. The number of aromatic nitrogens is 1. The van der Waals surface area contributed by atoms with Gasteiger partial charge in [-0.3, -0.25) is 19.5 Å². The monoisotopic (exact) mass is 418 g/mol. The first-order chi connectivity index (χ1) is 15.2. The Morgan fingerprint density at radius 3 is 2.42 bits per heavy atom. The lowest BCUT2D eigenvalue weighted by Gasteiger charge is -2.33.